The van der Waals surface area contributed by atoms with Gasteiger partial charge in [0.25, 0.3) is 0 Å². The second-order valence-corrected chi connectivity index (χ2v) is 6.70. The average Bonchev–Trinajstić information content (AvgIpc) is 2.92. The normalized spacial score (nSPS) is 12.5. The van der Waals surface area contributed by atoms with Gasteiger partial charge in [0.2, 0.25) is 5.88 Å². The zero-order valence-corrected chi connectivity index (χ0v) is 16.2. The van der Waals surface area contributed by atoms with E-state index >= 15 is 0 Å². The lowest BCUT2D eigenvalue weighted by Crippen LogP contribution is -2.11. The van der Waals surface area contributed by atoms with Gasteiger partial charge in [-0.15, -0.1) is 0 Å². The van der Waals surface area contributed by atoms with Crippen LogP contribution in [0.5, 0.6) is 5.88 Å². The minimum atomic E-state index is 0.0760. The number of nitrogens with zero attached hydrogens (tertiary/aromatic N) is 3. The van der Waals surface area contributed by atoms with Crippen molar-refractivity contribution in [2.75, 3.05) is 13.2 Å². The highest BCUT2D eigenvalue weighted by Gasteiger charge is 2.17. The number of pyridine rings is 2. The van der Waals surface area contributed by atoms with Gasteiger partial charge in [-0.1, -0.05) is 6.92 Å². The van der Waals surface area contributed by atoms with Crippen molar-refractivity contribution in [2.24, 2.45) is 0 Å². The predicted octanol–water partition coefficient (Wildman–Crippen LogP) is 4.37. The molecule has 0 radical (unpaired) electrons. The number of aliphatic hydroxyl groups is 1. The standard InChI is InChI=1S/C21H27N3O2/c1-6-16(12-25)24-11-14(4)21-18(24)10-13(3)20(23-21)17-8-9-19(26-7-2)22-15(17)5/h8-11,16,25H,6-7,12H2,1-5H3/t16-/m1/s1. The lowest BCUT2D eigenvalue weighted by atomic mass is 10.0. The monoisotopic (exact) mass is 353 g/mol. The zero-order chi connectivity index (χ0) is 18.8. The maximum absolute atomic E-state index is 9.69. The molecule has 0 aromatic carbocycles. The van der Waals surface area contributed by atoms with E-state index in [0.29, 0.717) is 12.5 Å². The van der Waals surface area contributed by atoms with Crippen LogP contribution in [0.15, 0.2) is 24.4 Å². The number of hydrogen-bond acceptors (Lipinski definition) is 4. The van der Waals surface area contributed by atoms with Crippen LogP contribution < -0.4 is 4.74 Å². The van der Waals surface area contributed by atoms with Gasteiger partial charge in [0.05, 0.1) is 41.7 Å². The van der Waals surface area contributed by atoms with Gasteiger partial charge in [0.15, 0.2) is 0 Å². The van der Waals surface area contributed by atoms with Gasteiger partial charge in [-0.2, -0.15) is 0 Å². The van der Waals surface area contributed by atoms with E-state index in [4.69, 9.17) is 9.72 Å². The molecule has 138 valence electrons. The van der Waals surface area contributed by atoms with Crippen LogP contribution in [0.4, 0.5) is 0 Å². The molecule has 5 nitrogen and oxygen atoms in total. The number of hydrogen-bond donors (Lipinski definition) is 1. The van der Waals surface area contributed by atoms with E-state index in [0.717, 1.165) is 45.5 Å². The van der Waals surface area contributed by atoms with Crippen LogP contribution in [0.25, 0.3) is 22.3 Å². The molecule has 3 aromatic rings. The molecule has 5 heteroatoms. The minimum Gasteiger partial charge on any atom is -0.478 e. The molecule has 26 heavy (non-hydrogen) atoms. The van der Waals surface area contributed by atoms with E-state index in [2.05, 4.69) is 42.6 Å². The molecule has 0 aliphatic rings. The summed E-state index contributed by atoms with van der Waals surface area (Å²) in [5.41, 5.74) is 7.14. The quantitative estimate of drug-likeness (QED) is 0.715. The number of aliphatic hydroxyl groups excluding tert-OH is 1. The van der Waals surface area contributed by atoms with E-state index in [1.807, 2.05) is 26.0 Å². The summed E-state index contributed by atoms with van der Waals surface area (Å²) in [7, 11) is 0. The van der Waals surface area contributed by atoms with E-state index in [1.54, 1.807) is 0 Å². The minimum absolute atomic E-state index is 0.0760. The number of fused-ring (bicyclic) bond motifs is 1. The third kappa shape index (κ3) is 3.19. The molecule has 0 spiro atoms. The van der Waals surface area contributed by atoms with Crippen LogP contribution in [0, 0.1) is 20.8 Å². The summed E-state index contributed by atoms with van der Waals surface area (Å²) in [6.07, 6.45) is 2.97. The van der Waals surface area contributed by atoms with Crippen LogP contribution in [0.2, 0.25) is 0 Å². The first-order chi connectivity index (χ1) is 12.5. The molecule has 1 atom stereocenters. The molecule has 1 N–H and O–H groups in total. The Morgan fingerprint density at radius 3 is 2.50 bits per heavy atom. The van der Waals surface area contributed by atoms with E-state index in [9.17, 15) is 5.11 Å². The molecule has 0 saturated heterocycles. The molecular formula is C21H27N3O2. The Morgan fingerprint density at radius 2 is 1.88 bits per heavy atom. The van der Waals surface area contributed by atoms with Crippen molar-refractivity contribution >= 4 is 11.0 Å². The van der Waals surface area contributed by atoms with Gasteiger partial charge in [-0.05, 0) is 57.4 Å². The molecule has 3 rings (SSSR count). The van der Waals surface area contributed by atoms with E-state index < -0.39 is 0 Å². The molecule has 0 saturated carbocycles. The third-order valence-corrected chi connectivity index (χ3v) is 4.86. The first-order valence-corrected chi connectivity index (χ1v) is 9.20. The fourth-order valence-electron chi connectivity index (χ4n) is 3.43. The van der Waals surface area contributed by atoms with Crippen molar-refractivity contribution in [1.82, 2.24) is 14.5 Å². The molecule has 3 aromatic heterocycles. The SMILES string of the molecule is CCOc1ccc(-c2nc3c(C)cn([C@H](CC)CO)c3cc2C)c(C)n1. The molecule has 0 aliphatic heterocycles. The van der Waals surface area contributed by atoms with Gasteiger partial charge in [-0.3, -0.25) is 0 Å². The lowest BCUT2D eigenvalue weighted by Gasteiger charge is -2.16. The smallest absolute Gasteiger partial charge is 0.213 e. The molecule has 0 bridgehead atoms. The predicted molar refractivity (Wildman–Crippen MR) is 105 cm³/mol. The maximum atomic E-state index is 9.69. The van der Waals surface area contributed by atoms with Gasteiger partial charge in [-0.25, -0.2) is 9.97 Å². The number of rotatable bonds is 6. The van der Waals surface area contributed by atoms with Crippen molar-refractivity contribution in [3.8, 4) is 17.1 Å². The Kier molecular flexibility index (Phi) is 5.28. The summed E-state index contributed by atoms with van der Waals surface area (Å²) < 4.78 is 7.64. The van der Waals surface area contributed by atoms with Crippen LogP contribution in [0.1, 0.15) is 43.1 Å². The number of aryl methyl sites for hydroxylation is 3. The highest BCUT2D eigenvalue weighted by Crippen LogP contribution is 2.31. The third-order valence-electron chi connectivity index (χ3n) is 4.86. The Labute approximate surface area is 154 Å². The topological polar surface area (TPSA) is 60.2 Å². The van der Waals surface area contributed by atoms with E-state index in [-0.39, 0.29) is 12.6 Å². The Balaban J connectivity index is 2.14. The summed E-state index contributed by atoms with van der Waals surface area (Å²) in [6, 6.07) is 6.17. The van der Waals surface area contributed by atoms with Crippen LogP contribution in [-0.4, -0.2) is 32.9 Å². The molecule has 3 heterocycles. The Hall–Kier alpha value is -2.40. The number of ether oxygens (including phenoxy) is 1. The Bertz CT molecular complexity index is 927. The van der Waals surface area contributed by atoms with Crippen molar-refractivity contribution < 1.29 is 9.84 Å². The van der Waals surface area contributed by atoms with Gasteiger partial charge < -0.3 is 14.4 Å². The first-order valence-electron chi connectivity index (χ1n) is 9.20. The molecule has 0 amide bonds. The summed E-state index contributed by atoms with van der Waals surface area (Å²) in [5.74, 6) is 0.642. The van der Waals surface area contributed by atoms with Crippen molar-refractivity contribution in [2.45, 2.75) is 47.1 Å². The van der Waals surface area contributed by atoms with E-state index in [1.165, 1.54) is 0 Å². The van der Waals surface area contributed by atoms with Crippen LogP contribution in [-0.2, 0) is 0 Å². The summed E-state index contributed by atoms with van der Waals surface area (Å²) in [5, 5.41) is 9.69. The average molecular weight is 353 g/mol. The largest absolute Gasteiger partial charge is 0.478 e. The van der Waals surface area contributed by atoms with Crippen molar-refractivity contribution in [1.29, 1.82) is 0 Å². The van der Waals surface area contributed by atoms with Crippen molar-refractivity contribution in [3.63, 3.8) is 0 Å². The van der Waals surface area contributed by atoms with Gasteiger partial charge >= 0.3 is 0 Å². The van der Waals surface area contributed by atoms with Gasteiger partial charge in [0, 0.05) is 17.8 Å². The van der Waals surface area contributed by atoms with Crippen LogP contribution in [0.3, 0.4) is 0 Å². The highest BCUT2D eigenvalue weighted by molar-refractivity contribution is 5.84. The molecule has 0 unspecified atom stereocenters. The fourth-order valence-corrected chi connectivity index (χ4v) is 3.43. The lowest BCUT2D eigenvalue weighted by molar-refractivity contribution is 0.227. The molecular weight excluding hydrogens is 326 g/mol. The second-order valence-electron chi connectivity index (χ2n) is 6.70. The first kappa shape index (κ1) is 18.4. The molecule has 0 fully saturated rings. The summed E-state index contributed by atoms with van der Waals surface area (Å²) >= 11 is 0. The van der Waals surface area contributed by atoms with Gasteiger partial charge in [0.1, 0.15) is 0 Å². The zero-order valence-electron chi connectivity index (χ0n) is 16.2. The van der Waals surface area contributed by atoms with Crippen molar-refractivity contribution in [3.05, 3.63) is 41.2 Å². The second kappa shape index (κ2) is 7.46. The summed E-state index contributed by atoms with van der Waals surface area (Å²) in [6.45, 7) is 10.9. The Morgan fingerprint density at radius 1 is 1.12 bits per heavy atom. The highest BCUT2D eigenvalue weighted by atomic mass is 16.5. The van der Waals surface area contributed by atoms with Crippen LogP contribution >= 0.6 is 0 Å². The number of aromatic nitrogens is 3. The summed E-state index contributed by atoms with van der Waals surface area (Å²) in [4.78, 5) is 9.51. The molecule has 0 aliphatic carbocycles. The fraction of sp³-hybridized carbons (Fsp3) is 0.429. The maximum Gasteiger partial charge on any atom is 0.213 e.